The van der Waals surface area contributed by atoms with Gasteiger partial charge in [-0.2, -0.15) is 0 Å². The number of amides is 2. The molecule has 1 aliphatic heterocycles. The molecule has 0 aliphatic carbocycles. The van der Waals surface area contributed by atoms with E-state index in [0.717, 1.165) is 25.9 Å². The third kappa shape index (κ3) is 2.97. The summed E-state index contributed by atoms with van der Waals surface area (Å²) in [5.74, 6) is -0.156. The molecule has 16 heavy (non-hydrogen) atoms. The monoisotopic (exact) mass is 226 g/mol. The van der Waals surface area contributed by atoms with Gasteiger partial charge in [0, 0.05) is 26.2 Å². The molecule has 1 fully saturated rings. The molecule has 4 heteroatoms. The van der Waals surface area contributed by atoms with Crippen LogP contribution in [0.3, 0.4) is 0 Å². The second-order valence-corrected chi connectivity index (χ2v) is 4.48. The van der Waals surface area contributed by atoms with Crippen LogP contribution < -0.4 is 0 Å². The van der Waals surface area contributed by atoms with E-state index in [1.807, 2.05) is 13.8 Å². The summed E-state index contributed by atoms with van der Waals surface area (Å²) in [4.78, 5) is 27.1. The fourth-order valence-electron chi connectivity index (χ4n) is 2.16. The van der Waals surface area contributed by atoms with Crippen LogP contribution in [0.25, 0.3) is 0 Å². The second-order valence-electron chi connectivity index (χ2n) is 4.48. The number of nitrogens with zero attached hydrogens (tertiary/aromatic N) is 2. The average molecular weight is 226 g/mol. The molecule has 0 radical (unpaired) electrons. The molecule has 92 valence electrons. The zero-order valence-corrected chi connectivity index (χ0v) is 10.5. The highest BCUT2D eigenvalue weighted by Gasteiger charge is 2.28. The number of hydrogen-bond donors (Lipinski definition) is 0. The maximum Gasteiger partial charge on any atom is 0.312 e. The fraction of sp³-hybridized carbons (Fsp3) is 0.833. The molecule has 1 atom stereocenters. The van der Waals surface area contributed by atoms with Gasteiger partial charge in [-0.1, -0.05) is 6.92 Å². The molecule has 0 N–H and O–H groups in total. The van der Waals surface area contributed by atoms with E-state index in [-0.39, 0.29) is 11.8 Å². The summed E-state index contributed by atoms with van der Waals surface area (Å²) in [7, 11) is 0. The van der Waals surface area contributed by atoms with Crippen molar-refractivity contribution >= 4 is 11.8 Å². The lowest BCUT2D eigenvalue weighted by Crippen LogP contribution is -2.48. The van der Waals surface area contributed by atoms with Gasteiger partial charge >= 0.3 is 11.8 Å². The highest BCUT2D eigenvalue weighted by atomic mass is 16.2. The van der Waals surface area contributed by atoms with Crippen molar-refractivity contribution < 1.29 is 9.59 Å². The van der Waals surface area contributed by atoms with Crippen molar-refractivity contribution in [3.63, 3.8) is 0 Å². The SMILES string of the molecule is CCN(CC)C(=O)C(=O)N1CCCC(C)C1. The van der Waals surface area contributed by atoms with Gasteiger partial charge in [0.25, 0.3) is 0 Å². The summed E-state index contributed by atoms with van der Waals surface area (Å²) in [6, 6.07) is 0. The quantitative estimate of drug-likeness (QED) is 0.662. The minimum atomic E-state index is -0.348. The van der Waals surface area contributed by atoms with Crippen LogP contribution in [-0.2, 0) is 9.59 Å². The number of piperidine rings is 1. The molecule has 0 spiro atoms. The van der Waals surface area contributed by atoms with E-state index in [9.17, 15) is 9.59 Å². The number of likely N-dealkylation sites (tertiary alicyclic amines) is 1. The van der Waals surface area contributed by atoms with Crippen molar-refractivity contribution in [3.05, 3.63) is 0 Å². The molecule has 0 saturated carbocycles. The fourth-order valence-corrected chi connectivity index (χ4v) is 2.16. The Morgan fingerprint density at radius 1 is 1.31 bits per heavy atom. The lowest BCUT2D eigenvalue weighted by molar-refractivity contribution is -0.152. The Morgan fingerprint density at radius 3 is 2.44 bits per heavy atom. The number of carbonyl (C=O) groups excluding carboxylic acids is 2. The van der Waals surface area contributed by atoms with Crippen LogP contribution in [0.1, 0.15) is 33.6 Å². The molecule has 1 rings (SSSR count). The van der Waals surface area contributed by atoms with E-state index in [1.165, 1.54) is 0 Å². The Labute approximate surface area is 97.6 Å². The number of carbonyl (C=O) groups is 2. The van der Waals surface area contributed by atoms with Gasteiger partial charge in [-0.3, -0.25) is 9.59 Å². The topological polar surface area (TPSA) is 40.6 Å². The van der Waals surface area contributed by atoms with Gasteiger partial charge < -0.3 is 9.80 Å². The van der Waals surface area contributed by atoms with E-state index >= 15 is 0 Å². The van der Waals surface area contributed by atoms with Gasteiger partial charge in [0.15, 0.2) is 0 Å². The Bertz CT molecular complexity index is 262. The zero-order chi connectivity index (χ0) is 12.1. The van der Waals surface area contributed by atoms with Crippen LogP contribution in [0.5, 0.6) is 0 Å². The van der Waals surface area contributed by atoms with Gasteiger partial charge in [-0.25, -0.2) is 0 Å². The van der Waals surface area contributed by atoms with E-state index in [4.69, 9.17) is 0 Å². The van der Waals surface area contributed by atoms with Crippen LogP contribution in [0.2, 0.25) is 0 Å². The molecule has 0 aromatic carbocycles. The van der Waals surface area contributed by atoms with Gasteiger partial charge in [0.2, 0.25) is 0 Å². The van der Waals surface area contributed by atoms with Crippen LogP contribution in [0.15, 0.2) is 0 Å². The molecule has 1 aliphatic rings. The van der Waals surface area contributed by atoms with Crippen molar-refractivity contribution in [2.45, 2.75) is 33.6 Å². The first-order chi connectivity index (χ1) is 7.60. The molecule has 0 aromatic heterocycles. The normalized spacial score (nSPS) is 20.7. The molecule has 4 nitrogen and oxygen atoms in total. The Balaban J connectivity index is 2.59. The first kappa shape index (κ1) is 13.0. The molecular weight excluding hydrogens is 204 g/mol. The number of hydrogen-bond acceptors (Lipinski definition) is 2. The van der Waals surface area contributed by atoms with E-state index in [2.05, 4.69) is 6.92 Å². The van der Waals surface area contributed by atoms with Crippen molar-refractivity contribution in [3.8, 4) is 0 Å². The van der Waals surface area contributed by atoms with Crippen LogP contribution in [0, 0.1) is 5.92 Å². The lowest BCUT2D eigenvalue weighted by Gasteiger charge is -2.31. The zero-order valence-electron chi connectivity index (χ0n) is 10.5. The van der Waals surface area contributed by atoms with Crippen LogP contribution in [0.4, 0.5) is 0 Å². The van der Waals surface area contributed by atoms with Crippen molar-refractivity contribution in [1.29, 1.82) is 0 Å². The smallest absolute Gasteiger partial charge is 0.312 e. The summed E-state index contributed by atoms with van der Waals surface area (Å²) in [5, 5.41) is 0. The molecule has 1 unspecified atom stereocenters. The first-order valence-electron chi connectivity index (χ1n) is 6.18. The predicted octanol–water partition coefficient (Wildman–Crippen LogP) is 1.11. The largest absolute Gasteiger partial charge is 0.335 e. The highest BCUT2D eigenvalue weighted by molar-refractivity contribution is 6.34. The van der Waals surface area contributed by atoms with Gasteiger partial charge in [-0.15, -0.1) is 0 Å². The summed E-state index contributed by atoms with van der Waals surface area (Å²) in [6.07, 6.45) is 2.17. The third-order valence-electron chi connectivity index (χ3n) is 3.18. The second kappa shape index (κ2) is 5.87. The number of likely N-dealkylation sites (N-methyl/N-ethyl adjacent to an activating group) is 1. The van der Waals surface area contributed by atoms with Gasteiger partial charge in [0.1, 0.15) is 0 Å². The van der Waals surface area contributed by atoms with E-state index in [1.54, 1.807) is 9.80 Å². The van der Waals surface area contributed by atoms with Crippen molar-refractivity contribution in [2.24, 2.45) is 5.92 Å². The average Bonchev–Trinajstić information content (AvgIpc) is 2.29. The summed E-state index contributed by atoms with van der Waals surface area (Å²) in [5.41, 5.74) is 0. The predicted molar refractivity (Wildman–Crippen MR) is 62.9 cm³/mol. The maximum atomic E-state index is 11.9. The maximum absolute atomic E-state index is 11.9. The van der Waals surface area contributed by atoms with Crippen molar-refractivity contribution in [1.82, 2.24) is 9.80 Å². The minimum Gasteiger partial charge on any atom is -0.335 e. The van der Waals surface area contributed by atoms with E-state index < -0.39 is 0 Å². The Hall–Kier alpha value is -1.06. The summed E-state index contributed by atoms with van der Waals surface area (Å²) < 4.78 is 0. The van der Waals surface area contributed by atoms with Crippen LogP contribution >= 0.6 is 0 Å². The first-order valence-corrected chi connectivity index (χ1v) is 6.18. The van der Waals surface area contributed by atoms with Gasteiger partial charge in [0.05, 0.1) is 0 Å². The molecule has 2 amide bonds. The molecule has 0 aromatic rings. The van der Waals surface area contributed by atoms with Crippen LogP contribution in [-0.4, -0.2) is 47.8 Å². The third-order valence-corrected chi connectivity index (χ3v) is 3.18. The highest BCUT2D eigenvalue weighted by Crippen LogP contribution is 2.15. The molecule has 1 heterocycles. The van der Waals surface area contributed by atoms with E-state index in [0.29, 0.717) is 19.0 Å². The Kier molecular flexibility index (Phi) is 4.77. The molecule has 1 saturated heterocycles. The molecular formula is C12H22N2O2. The molecule has 0 bridgehead atoms. The van der Waals surface area contributed by atoms with Gasteiger partial charge in [-0.05, 0) is 32.6 Å². The minimum absolute atomic E-state index is 0.324. The standard InChI is InChI=1S/C12H22N2O2/c1-4-13(5-2)11(15)12(16)14-8-6-7-10(3)9-14/h10H,4-9H2,1-3H3. The Morgan fingerprint density at radius 2 is 1.94 bits per heavy atom. The lowest BCUT2D eigenvalue weighted by atomic mass is 10.0. The number of rotatable bonds is 2. The summed E-state index contributed by atoms with van der Waals surface area (Å²) >= 11 is 0. The summed E-state index contributed by atoms with van der Waals surface area (Å²) in [6.45, 7) is 8.58. The van der Waals surface area contributed by atoms with Crippen molar-refractivity contribution in [2.75, 3.05) is 26.2 Å².